The van der Waals surface area contributed by atoms with Crippen LogP contribution in [0.3, 0.4) is 0 Å². The van der Waals surface area contributed by atoms with Crippen molar-refractivity contribution in [1.82, 2.24) is 24.9 Å². The Hall–Kier alpha value is -1.62. The van der Waals surface area contributed by atoms with Crippen molar-refractivity contribution in [2.45, 2.75) is 52.7 Å². The highest BCUT2D eigenvalue weighted by molar-refractivity contribution is 5.12. The summed E-state index contributed by atoms with van der Waals surface area (Å²) in [6, 6.07) is 0.405. The van der Waals surface area contributed by atoms with E-state index >= 15 is 0 Å². The normalized spacial score (nSPS) is 12.8. The smallest absolute Gasteiger partial charge is 0.0690 e. The third-order valence-electron chi connectivity index (χ3n) is 3.46. The first-order valence-electron chi connectivity index (χ1n) is 7.53. The highest BCUT2D eigenvalue weighted by Gasteiger charge is 2.10. The average Bonchev–Trinajstić information content (AvgIpc) is 3.10. The highest BCUT2D eigenvalue weighted by atomic mass is 15.3. The number of aromatic nitrogens is 4. The second kappa shape index (κ2) is 7.24. The van der Waals surface area contributed by atoms with Gasteiger partial charge in [0.15, 0.2) is 0 Å². The fraction of sp³-hybridized carbons (Fsp3) is 0.600. The van der Waals surface area contributed by atoms with E-state index in [1.54, 1.807) is 0 Å². The average molecular weight is 275 g/mol. The second-order valence-corrected chi connectivity index (χ2v) is 5.09. The van der Waals surface area contributed by atoms with E-state index in [-0.39, 0.29) is 0 Å². The van der Waals surface area contributed by atoms with Crippen molar-refractivity contribution in [3.63, 3.8) is 0 Å². The second-order valence-electron chi connectivity index (χ2n) is 5.09. The first kappa shape index (κ1) is 14.8. The first-order chi connectivity index (χ1) is 9.76. The van der Waals surface area contributed by atoms with E-state index in [4.69, 9.17) is 0 Å². The largest absolute Gasteiger partial charge is 0.310 e. The van der Waals surface area contributed by atoms with Crippen molar-refractivity contribution in [3.8, 4) is 0 Å². The van der Waals surface area contributed by atoms with Crippen molar-refractivity contribution >= 4 is 0 Å². The standard InChI is InChI=1S/C15H25N5/c1-4-7-16-15(5-2)14-9-18-20(12-14)11-13-8-17-19(6-3)10-13/h8-10,12,15-16H,4-7,11H2,1-3H3. The van der Waals surface area contributed by atoms with Crippen LogP contribution >= 0.6 is 0 Å². The lowest BCUT2D eigenvalue weighted by Crippen LogP contribution is -2.21. The van der Waals surface area contributed by atoms with Crippen LogP contribution < -0.4 is 5.32 Å². The predicted molar refractivity (Wildman–Crippen MR) is 80.6 cm³/mol. The molecule has 110 valence electrons. The fourth-order valence-corrected chi connectivity index (χ4v) is 2.31. The number of hydrogen-bond acceptors (Lipinski definition) is 3. The summed E-state index contributed by atoms with van der Waals surface area (Å²) < 4.78 is 3.93. The van der Waals surface area contributed by atoms with Crippen LogP contribution in [0.15, 0.2) is 24.8 Å². The molecular weight excluding hydrogens is 250 g/mol. The third kappa shape index (κ3) is 3.70. The van der Waals surface area contributed by atoms with Gasteiger partial charge in [0, 0.05) is 36.1 Å². The van der Waals surface area contributed by atoms with Crippen LogP contribution in [0.1, 0.15) is 50.8 Å². The van der Waals surface area contributed by atoms with Crippen LogP contribution in [-0.4, -0.2) is 26.1 Å². The Bertz CT molecular complexity index is 514. The molecule has 0 aliphatic heterocycles. The minimum absolute atomic E-state index is 0.405. The summed E-state index contributed by atoms with van der Waals surface area (Å²) in [4.78, 5) is 0. The van der Waals surface area contributed by atoms with Crippen LogP contribution in [0.2, 0.25) is 0 Å². The lowest BCUT2D eigenvalue weighted by molar-refractivity contribution is 0.517. The molecule has 0 fully saturated rings. The van der Waals surface area contributed by atoms with Gasteiger partial charge in [-0.2, -0.15) is 10.2 Å². The maximum atomic E-state index is 4.46. The van der Waals surface area contributed by atoms with Gasteiger partial charge in [-0.05, 0) is 26.3 Å². The molecule has 0 aliphatic rings. The minimum Gasteiger partial charge on any atom is -0.310 e. The lowest BCUT2D eigenvalue weighted by atomic mass is 10.1. The number of nitrogens with zero attached hydrogens (tertiary/aromatic N) is 4. The zero-order valence-corrected chi connectivity index (χ0v) is 12.7. The maximum Gasteiger partial charge on any atom is 0.0690 e. The molecule has 5 heteroatoms. The summed E-state index contributed by atoms with van der Waals surface area (Å²) in [5.74, 6) is 0. The van der Waals surface area contributed by atoms with Gasteiger partial charge < -0.3 is 5.32 Å². The molecular formula is C15H25N5. The molecule has 0 saturated heterocycles. The molecule has 2 aromatic rings. The lowest BCUT2D eigenvalue weighted by Gasteiger charge is -2.14. The topological polar surface area (TPSA) is 47.7 Å². The zero-order valence-electron chi connectivity index (χ0n) is 12.7. The van der Waals surface area contributed by atoms with Gasteiger partial charge in [0.25, 0.3) is 0 Å². The molecule has 1 atom stereocenters. The molecule has 1 unspecified atom stereocenters. The summed E-state index contributed by atoms with van der Waals surface area (Å²) >= 11 is 0. The van der Waals surface area contributed by atoms with Gasteiger partial charge in [0.1, 0.15) is 0 Å². The Kier molecular flexibility index (Phi) is 5.35. The summed E-state index contributed by atoms with van der Waals surface area (Å²) in [6.45, 7) is 9.22. The zero-order chi connectivity index (χ0) is 14.4. The molecule has 1 N–H and O–H groups in total. The van der Waals surface area contributed by atoms with Gasteiger partial charge >= 0.3 is 0 Å². The Morgan fingerprint density at radius 1 is 1.10 bits per heavy atom. The van der Waals surface area contributed by atoms with Crippen LogP contribution in [0, 0.1) is 0 Å². The number of rotatable bonds is 8. The molecule has 0 aromatic carbocycles. The highest BCUT2D eigenvalue weighted by Crippen LogP contribution is 2.16. The van der Waals surface area contributed by atoms with Crippen LogP contribution in [0.25, 0.3) is 0 Å². The quantitative estimate of drug-likeness (QED) is 0.805. The van der Waals surface area contributed by atoms with E-state index in [1.807, 2.05) is 21.8 Å². The van der Waals surface area contributed by atoms with E-state index in [0.29, 0.717) is 6.04 Å². The van der Waals surface area contributed by atoms with Crippen LogP contribution in [0.5, 0.6) is 0 Å². The Labute approximate surface area is 121 Å². The van der Waals surface area contributed by atoms with Crippen molar-refractivity contribution in [3.05, 3.63) is 35.9 Å². The van der Waals surface area contributed by atoms with Gasteiger partial charge in [-0.25, -0.2) is 0 Å². The summed E-state index contributed by atoms with van der Waals surface area (Å²) in [5.41, 5.74) is 2.46. The molecule has 2 aromatic heterocycles. The van der Waals surface area contributed by atoms with Gasteiger partial charge in [-0.1, -0.05) is 13.8 Å². The van der Waals surface area contributed by atoms with Gasteiger partial charge in [-0.15, -0.1) is 0 Å². The molecule has 0 radical (unpaired) electrons. The Balaban J connectivity index is 2.00. The Morgan fingerprint density at radius 2 is 1.90 bits per heavy atom. The predicted octanol–water partition coefficient (Wildman–Crippen LogP) is 2.60. The molecule has 20 heavy (non-hydrogen) atoms. The van der Waals surface area contributed by atoms with E-state index < -0.39 is 0 Å². The molecule has 2 heterocycles. The van der Waals surface area contributed by atoms with E-state index in [0.717, 1.165) is 32.5 Å². The molecule has 2 rings (SSSR count). The van der Waals surface area contributed by atoms with Crippen LogP contribution in [-0.2, 0) is 13.1 Å². The molecule has 0 amide bonds. The van der Waals surface area contributed by atoms with E-state index in [2.05, 4.69) is 48.7 Å². The molecule has 0 spiro atoms. The number of aryl methyl sites for hydroxylation is 1. The fourth-order valence-electron chi connectivity index (χ4n) is 2.31. The Morgan fingerprint density at radius 3 is 2.55 bits per heavy atom. The maximum absolute atomic E-state index is 4.46. The van der Waals surface area contributed by atoms with Gasteiger partial charge in [0.05, 0.1) is 18.9 Å². The third-order valence-corrected chi connectivity index (χ3v) is 3.46. The number of nitrogens with one attached hydrogen (secondary N) is 1. The monoisotopic (exact) mass is 275 g/mol. The molecule has 0 saturated carbocycles. The number of hydrogen-bond donors (Lipinski definition) is 1. The summed E-state index contributed by atoms with van der Waals surface area (Å²) in [7, 11) is 0. The van der Waals surface area contributed by atoms with E-state index in [1.165, 1.54) is 11.1 Å². The van der Waals surface area contributed by atoms with Crippen molar-refractivity contribution in [2.75, 3.05) is 6.54 Å². The van der Waals surface area contributed by atoms with Gasteiger partial charge in [0.2, 0.25) is 0 Å². The summed E-state index contributed by atoms with van der Waals surface area (Å²) in [6.07, 6.45) is 10.3. The van der Waals surface area contributed by atoms with Gasteiger partial charge in [-0.3, -0.25) is 9.36 Å². The minimum atomic E-state index is 0.405. The summed E-state index contributed by atoms with van der Waals surface area (Å²) in [5, 5.41) is 12.3. The van der Waals surface area contributed by atoms with Crippen molar-refractivity contribution in [2.24, 2.45) is 0 Å². The van der Waals surface area contributed by atoms with Crippen LogP contribution in [0.4, 0.5) is 0 Å². The van der Waals surface area contributed by atoms with Crippen molar-refractivity contribution in [1.29, 1.82) is 0 Å². The van der Waals surface area contributed by atoms with Crippen molar-refractivity contribution < 1.29 is 0 Å². The molecule has 0 bridgehead atoms. The molecule has 0 aliphatic carbocycles. The SMILES string of the molecule is CCCNC(CC)c1cnn(Cc2cnn(CC)c2)c1. The molecule has 5 nitrogen and oxygen atoms in total. The van der Waals surface area contributed by atoms with E-state index in [9.17, 15) is 0 Å². The first-order valence-corrected chi connectivity index (χ1v) is 7.53.